The van der Waals surface area contributed by atoms with Gasteiger partial charge in [-0.2, -0.15) is 17.7 Å². The Labute approximate surface area is 125 Å². The Morgan fingerprint density at radius 2 is 1.95 bits per heavy atom. The number of hydrogen-bond acceptors (Lipinski definition) is 3. The van der Waals surface area contributed by atoms with E-state index in [9.17, 15) is 5.11 Å². The normalized spacial score (nSPS) is 11.9. The average Bonchev–Trinajstić information content (AvgIpc) is 2.99. The summed E-state index contributed by atoms with van der Waals surface area (Å²) in [6.07, 6.45) is 7.02. The largest absolute Gasteiger partial charge is 2.00 e. The van der Waals surface area contributed by atoms with Gasteiger partial charge in [-0.3, -0.25) is 0 Å². The third-order valence-electron chi connectivity index (χ3n) is 2.31. The number of nitrogens with zero attached hydrogens (tertiary/aromatic N) is 1. The number of allylic oxidation sites excluding steroid dienone is 5. The van der Waals surface area contributed by atoms with E-state index in [0.717, 1.165) is 6.54 Å². The summed E-state index contributed by atoms with van der Waals surface area (Å²) in [6.45, 7) is 1.05. The fourth-order valence-corrected chi connectivity index (χ4v) is 1.51. The molecule has 2 rings (SSSR count). The number of rotatable bonds is 3. The summed E-state index contributed by atoms with van der Waals surface area (Å²) in [5.41, 5.74) is 2.00. The molecule has 0 saturated carbocycles. The zero-order valence-corrected chi connectivity index (χ0v) is 12.5. The van der Waals surface area contributed by atoms with E-state index in [1.807, 2.05) is 0 Å². The van der Waals surface area contributed by atoms with Crippen molar-refractivity contribution in [2.24, 2.45) is 0 Å². The molecular formula is C15H19FeNO2. The Morgan fingerprint density at radius 3 is 2.37 bits per heavy atom. The van der Waals surface area contributed by atoms with Crippen molar-refractivity contribution >= 4 is 0 Å². The molecule has 104 valence electrons. The zero-order chi connectivity index (χ0) is 13.4. The molecule has 4 heteroatoms. The molecule has 1 aliphatic carbocycles. The van der Waals surface area contributed by atoms with Gasteiger partial charge in [-0.25, -0.2) is 12.1 Å². The molecule has 0 heterocycles. The first-order valence-electron chi connectivity index (χ1n) is 5.79. The van der Waals surface area contributed by atoms with Gasteiger partial charge in [0.25, 0.3) is 0 Å². The van der Waals surface area contributed by atoms with Gasteiger partial charge < -0.3 is 14.7 Å². The van der Waals surface area contributed by atoms with Crippen molar-refractivity contribution in [3.05, 3.63) is 65.7 Å². The number of hydrogen-bond donors (Lipinski definition) is 0. The van der Waals surface area contributed by atoms with Crippen LogP contribution in [0.15, 0.2) is 60.1 Å². The molecule has 19 heavy (non-hydrogen) atoms. The predicted octanol–water partition coefficient (Wildman–Crippen LogP) is 1.80. The predicted molar refractivity (Wildman–Crippen MR) is 71.7 cm³/mol. The molecule has 0 aromatic heterocycles. The van der Waals surface area contributed by atoms with Crippen LogP contribution >= 0.6 is 0 Å². The third-order valence-corrected chi connectivity index (χ3v) is 2.31. The van der Waals surface area contributed by atoms with Crippen LogP contribution < -0.4 is 5.11 Å². The van der Waals surface area contributed by atoms with E-state index in [-0.39, 0.29) is 23.0 Å². The first-order chi connectivity index (χ1) is 8.63. The van der Waals surface area contributed by atoms with Crippen molar-refractivity contribution < 1.29 is 26.9 Å². The van der Waals surface area contributed by atoms with E-state index in [2.05, 4.69) is 48.0 Å². The van der Waals surface area contributed by atoms with Gasteiger partial charge in [0, 0.05) is 0 Å². The van der Waals surface area contributed by atoms with Gasteiger partial charge in [-0.05, 0) is 33.3 Å². The van der Waals surface area contributed by atoms with Crippen LogP contribution in [0.25, 0.3) is 0 Å². The van der Waals surface area contributed by atoms with Crippen LogP contribution in [0.3, 0.4) is 0 Å². The summed E-state index contributed by atoms with van der Waals surface area (Å²) in [5.74, 6) is -0.278. The molecule has 1 aliphatic rings. The van der Waals surface area contributed by atoms with Gasteiger partial charge in [-0.1, -0.05) is 24.3 Å². The monoisotopic (exact) mass is 301 g/mol. The minimum absolute atomic E-state index is 0. The summed E-state index contributed by atoms with van der Waals surface area (Å²) in [5, 5.41) is 10.7. The van der Waals surface area contributed by atoms with Crippen LogP contribution in [0.1, 0.15) is 5.56 Å². The van der Waals surface area contributed by atoms with Crippen LogP contribution in [0, 0.1) is 0 Å². The van der Waals surface area contributed by atoms with E-state index >= 15 is 0 Å². The maximum atomic E-state index is 10.7. The van der Waals surface area contributed by atoms with E-state index in [1.165, 1.54) is 12.7 Å². The molecule has 0 unspecified atom stereocenters. The smallest absolute Gasteiger partial charge is 0.616 e. The van der Waals surface area contributed by atoms with Crippen LogP contribution in [0.5, 0.6) is 0 Å². The first-order valence-corrected chi connectivity index (χ1v) is 5.79. The fourth-order valence-electron chi connectivity index (χ4n) is 1.51. The third kappa shape index (κ3) is 6.97. The van der Waals surface area contributed by atoms with Crippen molar-refractivity contribution in [2.45, 2.75) is 6.54 Å². The second-order valence-electron chi connectivity index (χ2n) is 4.20. The average molecular weight is 301 g/mol. The molecule has 1 aromatic rings. The van der Waals surface area contributed by atoms with Crippen molar-refractivity contribution in [3.8, 4) is 0 Å². The van der Waals surface area contributed by atoms with Crippen molar-refractivity contribution in [1.29, 1.82) is 0 Å². The Morgan fingerprint density at radius 1 is 1.32 bits per heavy atom. The second-order valence-corrected chi connectivity index (χ2v) is 4.20. The first kappa shape index (κ1) is 17.6. The Balaban J connectivity index is 0.000000324. The molecule has 3 nitrogen and oxygen atoms in total. The van der Waals surface area contributed by atoms with Crippen molar-refractivity contribution in [2.75, 3.05) is 21.2 Å². The molecular weight excluding hydrogens is 282 g/mol. The Bertz CT molecular complexity index is 417. The van der Waals surface area contributed by atoms with Crippen molar-refractivity contribution in [3.63, 3.8) is 0 Å². The van der Waals surface area contributed by atoms with E-state index < -0.39 is 0 Å². The molecule has 0 saturated heterocycles. The Kier molecular flexibility index (Phi) is 8.88. The van der Waals surface area contributed by atoms with Crippen LogP contribution in [0.2, 0.25) is 0 Å². The minimum Gasteiger partial charge on any atom is -0.616 e. The standard InChI is InChI=1S/C8H12N.C7H8O2.Fe/c1-9(2)7-8-5-3-4-6-8;1-9-7(8)6-4-2-3-5-6;/h3-6H,7H2,1-2H3;2-5,8H,1H3;/q-1;;+2/p-1. The molecule has 0 amide bonds. The topological polar surface area (TPSA) is 35.5 Å². The van der Waals surface area contributed by atoms with Gasteiger partial charge in [0.1, 0.15) is 0 Å². The summed E-state index contributed by atoms with van der Waals surface area (Å²) >= 11 is 0. The molecule has 0 aliphatic heterocycles. The summed E-state index contributed by atoms with van der Waals surface area (Å²) in [4.78, 5) is 2.16. The SMILES string of the molecule is CN(C)Cc1ccc[cH-]1.COC([O-])=C1C=CC=C1.[Fe+2]. The van der Waals surface area contributed by atoms with Gasteiger partial charge in [0.15, 0.2) is 0 Å². The van der Waals surface area contributed by atoms with Gasteiger partial charge in [0.05, 0.1) is 5.95 Å². The van der Waals surface area contributed by atoms with E-state index in [4.69, 9.17) is 0 Å². The second kappa shape index (κ2) is 9.56. The quantitative estimate of drug-likeness (QED) is 0.485. The minimum atomic E-state index is -0.278. The zero-order valence-electron chi connectivity index (χ0n) is 11.4. The van der Waals surface area contributed by atoms with Crippen LogP contribution in [-0.4, -0.2) is 26.1 Å². The summed E-state index contributed by atoms with van der Waals surface area (Å²) in [7, 11) is 5.52. The van der Waals surface area contributed by atoms with Gasteiger partial charge >= 0.3 is 17.1 Å². The summed E-state index contributed by atoms with van der Waals surface area (Å²) in [6, 6.07) is 8.41. The molecule has 0 N–H and O–H groups in total. The number of ether oxygens (including phenoxy) is 1. The Hall–Kier alpha value is -1.35. The molecule has 0 bridgehead atoms. The van der Waals surface area contributed by atoms with E-state index in [1.54, 1.807) is 24.3 Å². The fraction of sp³-hybridized carbons (Fsp3) is 0.267. The van der Waals surface area contributed by atoms with Crippen LogP contribution in [-0.2, 0) is 28.4 Å². The molecule has 0 atom stereocenters. The van der Waals surface area contributed by atoms with Gasteiger partial charge in [0.2, 0.25) is 0 Å². The van der Waals surface area contributed by atoms with Crippen molar-refractivity contribution in [1.82, 2.24) is 4.90 Å². The van der Waals surface area contributed by atoms with Gasteiger partial charge in [-0.15, -0.1) is 0 Å². The molecule has 1 aromatic carbocycles. The molecule has 0 radical (unpaired) electrons. The molecule has 0 fully saturated rings. The maximum Gasteiger partial charge on any atom is 2.00 e. The van der Waals surface area contributed by atoms with Crippen LogP contribution in [0.4, 0.5) is 0 Å². The summed E-state index contributed by atoms with van der Waals surface area (Å²) < 4.78 is 4.46. The van der Waals surface area contributed by atoms with E-state index in [0.29, 0.717) is 5.57 Å². The number of methoxy groups -OCH3 is 1. The molecule has 0 spiro atoms. The maximum absolute atomic E-state index is 10.7.